The van der Waals surface area contributed by atoms with E-state index in [1.807, 2.05) is 54.2 Å². The first-order chi connectivity index (χ1) is 25.0. The molecule has 3 saturated heterocycles. The van der Waals surface area contributed by atoms with Crippen LogP contribution in [0.2, 0.25) is 0 Å². The Hall–Kier alpha value is -3.66. The lowest BCUT2D eigenvalue weighted by atomic mass is 10.0. The van der Waals surface area contributed by atoms with Crippen LogP contribution in [0.25, 0.3) is 22.0 Å². The summed E-state index contributed by atoms with van der Waals surface area (Å²) in [5.74, 6) is 0.943. The van der Waals surface area contributed by atoms with E-state index >= 15 is 0 Å². The smallest absolute Gasteiger partial charge is 0.315 e. The van der Waals surface area contributed by atoms with Gasteiger partial charge in [-0.3, -0.25) is 9.59 Å². The van der Waals surface area contributed by atoms with Crippen LogP contribution < -0.4 is 27.0 Å². The van der Waals surface area contributed by atoms with Gasteiger partial charge in [0.2, 0.25) is 21.8 Å². The van der Waals surface area contributed by atoms with Crippen molar-refractivity contribution in [3.05, 3.63) is 54.2 Å². The third-order valence-electron chi connectivity index (χ3n) is 10.3. The first kappa shape index (κ1) is 38.1. The molecule has 0 spiro atoms. The van der Waals surface area contributed by atoms with Crippen molar-refractivity contribution in [3.63, 3.8) is 0 Å². The number of nitrogens with zero attached hydrogens (tertiary/aromatic N) is 2. The van der Waals surface area contributed by atoms with Crippen LogP contribution in [0, 0.1) is 0 Å². The number of benzene rings is 2. The fourth-order valence-electron chi connectivity index (χ4n) is 7.55. The molecule has 6 N–H and O–H groups in total. The molecule has 2 aromatic carbocycles. The van der Waals surface area contributed by atoms with Crippen molar-refractivity contribution in [2.45, 2.75) is 87.6 Å². The summed E-state index contributed by atoms with van der Waals surface area (Å²) in [7, 11) is -3.25. The van der Waals surface area contributed by atoms with E-state index in [-0.39, 0.29) is 36.0 Å². The van der Waals surface area contributed by atoms with Gasteiger partial charge in [-0.1, -0.05) is 49.3 Å². The summed E-state index contributed by atoms with van der Waals surface area (Å²) >= 11 is 7.13. The standard InChI is InChI=1S/C37H49N7O5S3/c1-52(48,49)43-18-15-27(16-19-43)44-22-29(24-8-7-9-25(20-24)36(38)50)28-14-13-26(21-31(28)44)40-34(46)12-3-2-6-17-39-33(45)11-5-4-10-32-35-30(23-51-32)41-37(47)42-35/h7-9,13-14,20-22,27,30,32,35H,2-6,10-12,15-19,23H2,1H3,(H2,38,50)(H,39,45)(H,40,46)(H2,41,42,47)/t30-,32-,35-/m0/s1. The zero-order valence-electron chi connectivity index (χ0n) is 29.6. The number of thiocarbonyl (C=S) groups is 1. The minimum absolute atomic E-state index is 0.0605. The summed E-state index contributed by atoms with van der Waals surface area (Å²) in [6.45, 7) is 1.51. The SMILES string of the molecule is CS(=O)(=O)N1CCC(n2cc(-c3cccc(C(N)=S)c3)c3ccc(NC(=O)CCCCCNC(=O)CCCC[C@@H]4SC[C@@H]5NC(=O)N[C@@H]54)cc32)CC1. The highest BCUT2D eigenvalue weighted by atomic mass is 32.2. The molecule has 12 nitrogen and oxygen atoms in total. The number of fused-ring (bicyclic) bond motifs is 2. The van der Waals surface area contributed by atoms with Gasteiger partial charge in [-0.25, -0.2) is 17.5 Å². The first-order valence-electron chi connectivity index (χ1n) is 18.2. The zero-order valence-corrected chi connectivity index (χ0v) is 32.0. The number of urea groups is 1. The fourth-order valence-corrected chi connectivity index (χ4v) is 10.1. The van der Waals surface area contributed by atoms with Gasteiger partial charge >= 0.3 is 6.03 Å². The number of carbonyl (C=O) groups is 3. The molecule has 1 aromatic heterocycles. The maximum atomic E-state index is 13.0. The largest absolute Gasteiger partial charge is 0.389 e. The third kappa shape index (κ3) is 9.46. The Labute approximate surface area is 315 Å². The van der Waals surface area contributed by atoms with E-state index < -0.39 is 10.0 Å². The Morgan fingerprint density at radius 1 is 1.00 bits per heavy atom. The van der Waals surface area contributed by atoms with Crippen LogP contribution in [0.3, 0.4) is 0 Å². The van der Waals surface area contributed by atoms with E-state index in [1.165, 1.54) is 10.6 Å². The lowest BCUT2D eigenvalue weighted by molar-refractivity contribution is -0.121. The third-order valence-corrected chi connectivity index (χ3v) is 13.4. The number of rotatable bonds is 16. The molecule has 0 bridgehead atoms. The number of nitrogens with one attached hydrogen (secondary N) is 4. The number of nitrogens with two attached hydrogens (primary N) is 1. The highest BCUT2D eigenvalue weighted by molar-refractivity contribution is 8.00. The summed E-state index contributed by atoms with van der Waals surface area (Å²) in [5, 5.41) is 13.5. The topological polar surface area (TPSA) is 168 Å². The average molecular weight is 768 g/mol. The van der Waals surface area contributed by atoms with E-state index in [1.54, 1.807) is 0 Å². The Bertz CT molecular complexity index is 1910. The summed E-state index contributed by atoms with van der Waals surface area (Å²) < 4.78 is 28.1. The van der Waals surface area contributed by atoms with Crippen LogP contribution in [-0.4, -0.2) is 89.1 Å². The van der Waals surface area contributed by atoms with E-state index in [9.17, 15) is 22.8 Å². The van der Waals surface area contributed by atoms with Gasteiger partial charge in [-0.05, 0) is 62.3 Å². The van der Waals surface area contributed by atoms with Crippen molar-refractivity contribution in [1.82, 2.24) is 24.8 Å². The van der Waals surface area contributed by atoms with Crippen molar-refractivity contribution >= 4 is 73.4 Å². The molecule has 4 heterocycles. The summed E-state index contributed by atoms with van der Waals surface area (Å²) in [5.41, 5.74) is 10.4. The van der Waals surface area contributed by atoms with Gasteiger partial charge in [0.15, 0.2) is 0 Å². The van der Waals surface area contributed by atoms with E-state index in [2.05, 4.69) is 32.0 Å². The van der Waals surface area contributed by atoms with Crippen LogP contribution in [0.4, 0.5) is 10.5 Å². The van der Waals surface area contributed by atoms with E-state index in [0.717, 1.165) is 71.9 Å². The predicted octanol–water partition coefficient (Wildman–Crippen LogP) is 4.88. The molecule has 6 rings (SSSR count). The van der Waals surface area contributed by atoms with Gasteiger partial charge in [0, 0.05) is 77.9 Å². The van der Waals surface area contributed by atoms with Gasteiger partial charge in [0.1, 0.15) is 4.99 Å². The number of hydrogen-bond acceptors (Lipinski definition) is 7. The lowest BCUT2D eigenvalue weighted by Gasteiger charge is -2.31. The van der Waals surface area contributed by atoms with Gasteiger partial charge in [-0.2, -0.15) is 11.8 Å². The first-order valence-corrected chi connectivity index (χ1v) is 21.5. The quantitative estimate of drug-likeness (QED) is 0.0782. The predicted molar refractivity (Wildman–Crippen MR) is 212 cm³/mol. The molecule has 0 aliphatic carbocycles. The van der Waals surface area contributed by atoms with Gasteiger partial charge < -0.3 is 31.6 Å². The maximum absolute atomic E-state index is 13.0. The van der Waals surface area contributed by atoms with E-state index in [4.69, 9.17) is 18.0 Å². The van der Waals surface area contributed by atoms with Crippen molar-refractivity contribution in [2.75, 3.05) is 37.0 Å². The molecule has 3 aromatic rings. The molecule has 0 unspecified atom stereocenters. The monoisotopic (exact) mass is 767 g/mol. The summed E-state index contributed by atoms with van der Waals surface area (Å²) in [4.78, 5) is 37.2. The fraction of sp³-hybridized carbons (Fsp3) is 0.514. The van der Waals surface area contributed by atoms with Crippen molar-refractivity contribution in [2.24, 2.45) is 5.73 Å². The number of thioether (sulfide) groups is 1. The average Bonchev–Trinajstić information content (AvgIpc) is 3.80. The minimum atomic E-state index is -3.25. The number of hydrogen-bond donors (Lipinski definition) is 5. The Kier molecular flexibility index (Phi) is 12.4. The molecule has 280 valence electrons. The second-order valence-corrected chi connectivity index (χ2v) is 17.8. The number of amides is 4. The van der Waals surface area contributed by atoms with Crippen LogP contribution in [0.15, 0.2) is 48.7 Å². The number of carbonyl (C=O) groups excluding carboxylic acids is 3. The second-order valence-electron chi connectivity index (χ2n) is 14.1. The molecule has 0 radical (unpaired) electrons. The van der Waals surface area contributed by atoms with Crippen molar-refractivity contribution < 1.29 is 22.8 Å². The molecular weight excluding hydrogens is 719 g/mol. The van der Waals surface area contributed by atoms with Crippen LogP contribution in [0.5, 0.6) is 0 Å². The van der Waals surface area contributed by atoms with Crippen LogP contribution in [0.1, 0.15) is 75.8 Å². The van der Waals surface area contributed by atoms with Gasteiger partial charge in [0.05, 0.1) is 23.9 Å². The number of sulfonamides is 1. The minimum Gasteiger partial charge on any atom is -0.389 e. The summed E-state index contributed by atoms with van der Waals surface area (Å²) in [6, 6.07) is 14.2. The number of piperidine rings is 1. The maximum Gasteiger partial charge on any atom is 0.315 e. The molecule has 3 fully saturated rings. The lowest BCUT2D eigenvalue weighted by Crippen LogP contribution is -2.38. The zero-order chi connectivity index (χ0) is 36.8. The molecule has 3 aliphatic rings. The van der Waals surface area contributed by atoms with Crippen molar-refractivity contribution in [3.8, 4) is 11.1 Å². The molecule has 4 amide bonds. The molecule has 0 saturated carbocycles. The van der Waals surface area contributed by atoms with Crippen LogP contribution in [-0.2, 0) is 19.6 Å². The van der Waals surface area contributed by atoms with Crippen molar-refractivity contribution in [1.29, 1.82) is 0 Å². The highest BCUT2D eigenvalue weighted by Gasteiger charge is 2.42. The Morgan fingerprint density at radius 2 is 1.77 bits per heavy atom. The highest BCUT2D eigenvalue weighted by Crippen LogP contribution is 2.37. The van der Waals surface area contributed by atoms with Crippen LogP contribution >= 0.6 is 24.0 Å². The molecule has 15 heteroatoms. The Balaban J connectivity index is 0.971. The second kappa shape index (κ2) is 17.0. The van der Waals surface area contributed by atoms with Gasteiger partial charge in [-0.15, -0.1) is 0 Å². The Morgan fingerprint density at radius 3 is 2.54 bits per heavy atom. The molecule has 3 aliphatic heterocycles. The normalized spacial score (nSPS) is 20.7. The number of anilines is 1. The number of aromatic nitrogens is 1. The summed E-state index contributed by atoms with van der Waals surface area (Å²) in [6.07, 6.45) is 10.8. The molecule has 3 atom stereocenters. The van der Waals surface area contributed by atoms with E-state index in [0.29, 0.717) is 61.2 Å². The number of unbranched alkanes of at least 4 members (excludes halogenated alkanes) is 3. The molecule has 52 heavy (non-hydrogen) atoms. The molecular formula is C37H49N7O5S3. The van der Waals surface area contributed by atoms with Gasteiger partial charge in [0.25, 0.3) is 0 Å².